The van der Waals surface area contributed by atoms with Gasteiger partial charge in [0.1, 0.15) is 10.4 Å². The van der Waals surface area contributed by atoms with Crippen molar-refractivity contribution >= 4 is 15.7 Å². The Morgan fingerprint density at radius 1 is 1.30 bits per heavy atom. The molecule has 2 aliphatic rings. The number of hydrogen-bond donors (Lipinski definition) is 0. The Balaban J connectivity index is 1.47. The minimum absolute atomic E-state index is 0.100. The zero-order chi connectivity index (χ0) is 19.1. The molecule has 1 spiro atoms. The largest absolute Gasteiger partial charge is 0.463 e. The molecule has 0 saturated carbocycles. The van der Waals surface area contributed by atoms with Gasteiger partial charge in [0.25, 0.3) is 5.91 Å². The third-order valence-electron chi connectivity index (χ3n) is 5.27. The molecule has 1 atom stereocenters. The molecule has 0 aliphatic carbocycles. The zero-order valence-corrected chi connectivity index (χ0v) is 15.6. The molecular formula is C17H19N5O4S. The Kier molecular flexibility index (Phi) is 4.29. The molecular weight excluding hydrogens is 370 g/mol. The summed E-state index contributed by atoms with van der Waals surface area (Å²) in [4.78, 5) is 30.1. The van der Waals surface area contributed by atoms with E-state index < -0.39 is 14.6 Å². The molecule has 10 heteroatoms. The Morgan fingerprint density at radius 2 is 2.11 bits per heavy atom. The molecule has 0 aromatic carbocycles. The summed E-state index contributed by atoms with van der Waals surface area (Å²) in [6, 6.07) is 2.00. The van der Waals surface area contributed by atoms with Crippen LogP contribution < -0.4 is 4.74 Å². The molecule has 2 aliphatic heterocycles. The second-order valence-electron chi connectivity index (χ2n) is 6.91. The number of aromatic nitrogens is 4. The van der Waals surface area contributed by atoms with Crippen molar-refractivity contribution < 1.29 is 17.9 Å². The minimum Gasteiger partial charge on any atom is -0.463 e. The minimum atomic E-state index is -3.31. The average Bonchev–Trinajstić information content (AvgIpc) is 2.89. The maximum Gasteiger partial charge on any atom is 0.316 e. The highest BCUT2D eigenvalue weighted by Gasteiger charge is 2.62. The number of aryl methyl sites for hydroxylation is 1. The van der Waals surface area contributed by atoms with E-state index in [0.717, 1.165) is 5.69 Å². The van der Waals surface area contributed by atoms with E-state index in [0.29, 0.717) is 6.42 Å². The number of carbonyl (C=O) groups excluding carboxylic acids is 1. The monoisotopic (exact) mass is 389 g/mol. The van der Waals surface area contributed by atoms with Crippen LogP contribution in [-0.4, -0.2) is 69.4 Å². The quantitative estimate of drug-likeness (QED) is 0.732. The van der Waals surface area contributed by atoms with Gasteiger partial charge in [-0.1, -0.05) is 0 Å². The SMILES string of the molecule is Cc1ccnc(OC[C@@H]2CCS(=O)(=O)C23CN(C(=O)c2cnccn2)C3)n1. The molecule has 2 saturated heterocycles. The van der Waals surface area contributed by atoms with Crippen LogP contribution in [0.5, 0.6) is 6.01 Å². The summed E-state index contributed by atoms with van der Waals surface area (Å²) in [5.74, 6) is -0.418. The van der Waals surface area contributed by atoms with Crippen LogP contribution >= 0.6 is 0 Å². The van der Waals surface area contributed by atoms with Gasteiger partial charge in [-0.2, -0.15) is 0 Å². The first kappa shape index (κ1) is 17.8. The number of likely N-dealkylation sites (tertiary alicyclic amines) is 1. The maximum atomic E-state index is 12.7. The second-order valence-corrected chi connectivity index (χ2v) is 9.36. The highest BCUT2D eigenvalue weighted by molar-refractivity contribution is 7.93. The summed E-state index contributed by atoms with van der Waals surface area (Å²) >= 11 is 0. The van der Waals surface area contributed by atoms with Crippen LogP contribution in [0.15, 0.2) is 30.9 Å². The van der Waals surface area contributed by atoms with Crippen molar-refractivity contribution in [2.75, 3.05) is 25.4 Å². The Labute approximate surface area is 156 Å². The lowest BCUT2D eigenvalue weighted by molar-refractivity contribution is 0.0397. The van der Waals surface area contributed by atoms with E-state index >= 15 is 0 Å². The van der Waals surface area contributed by atoms with Gasteiger partial charge in [0.15, 0.2) is 9.84 Å². The Hall–Kier alpha value is -2.62. The van der Waals surface area contributed by atoms with Crippen molar-refractivity contribution in [2.45, 2.75) is 18.1 Å². The first-order chi connectivity index (χ1) is 12.9. The fourth-order valence-corrected chi connectivity index (χ4v) is 6.09. The summed E-state index contributed by atoms with van der Waals surface area (Å²) in [5.41, 5.74) is 0.988. The van der Waals surface area contributed by atoms with Gasteiger partial charge in [0.05, 0.1) is 18.6 Å². The normalized spacial score (nSPS) is 22.4. The molecule has 27 heavy (non-hydrogen) atoms. The molecule has 142 valence electrons. The molecule has 0 radical (unpaired) electrons. The number of hydrogen-bond acceptors (Lipinski definition) is 8. The first-order valence-electron chi connectivity index (χ1n) is 8.61. The van der Waals surface area contributed by atoms with E-state index in [-0.39, 0.29) is 49.0 Å². The third-order valence-corrected chi connectivity index (χ3v) is 7.87. The molecule has 0 N–H and O–H groups in total. The van der Waals surface area contributed by atoms with Gasteiger partial charge in [-0.05, 0) is 19.4 Å². The van der Waals surface area contributed by atoms with Crippen molar-refractivity contribution in [1.29, 1.82) is 0 Å². The van der Waals surface area contributed by atoms with Crippen LogP contribution in [-0.2, 0) is 9.84 Å². The van der Waals surface area contributed by atoms with Gasteiger partial charge in [-0.15, -0.1) is 0 Å². The van der Waals surface area contributed by atoms with E-state index in [9.17, 15) is 13.2 Å². The van der Waals surface area contributed by atoms with Gasteiger partial charge >= 0.3 is 6.01 Å². The number of sulfone groups is 1. The van der Waals surface area contributed by atoms with Gasteiger partial charge < -0.3 is 9.64 Å². The fraction of sp³-hybridized carbons (Fsp3) is 0.471. The molecule has 2 aromatic rings. The molecule has 1 amide bonds. The van der Waals surface area contributed by atoms with E-state index in [1.807, 2.05) is 6.92 Å². The molecule has 0 unspecified atom stereocenters. The standard InChI is InChI=1S/C17H19N5O4S/c1-12-2-4-20-16(21-12)26-9-13-3-7-27(24,25)17(13)10-22(11-17)15(23)14-8-18-5-6-19-14/h2,4-6,8,13H,3,7,9-11H2,1H3/t13-/m0/s1. The smallest absolute Gasteiger partial charge is 0.316 e. The number of nitrogens with zero attached hydrogens (tertiary/aromatic N) is 5. The van der Waals surface area contributed by atoms with Crippen LogP contribution in [0.25, 0.3) is 0 Å². The topological polar surface area (TPSA) is 115 Å². The van der Waals surface area contributed by atoms with Crippen molar-refractivity contribution in [3.63, 3.8) is 0 Å². The van der Waals surface area contributed by atoms with Crippen LogP contribution in [0.1, 0.15) is 22.6 Å². The molecule has 2 fully saturated rings. The summed E-state index contributed by atoms with van der Waals surface area (Å²) < 4.78 is 30.1. The zero-order valence-electron chi connectivity index (χ0n) is 14.8. The van der Waals surface area contributed by atoms with Gasteiger partial charge in [0.2, 0.25) is 0 Å². The van der Waals surface area contributed by atoms with E-state index in [2.05, 4.69) is 19.9 Å². The Bertz CT molecular complexity index is 960. The van der Waals surface area contributed by atoms with Crippen molar-refractivity contribution in [3.8, 4) is 6.01 Å². The second kappa shape index (κ2) is 6.52. The lowest BCUT2D eigenvalue weighted by atomic mass is 9.83. The maximum absolute atomic E-state index is 12.7. The predicted octanol–water partition coefficient (Wildman–Crippen LogP) is 0.283. The third kappa shape index (κ3) is 3.03. The Morgan fingerprint density at radius 3 is 2.81 bits per heavy atom. The van der Waals surface area contributed by atoms with E-state index in [4.69, 9.17) is 4.74 Å². The van der Waals surface area contributed by atoms with Crippen molar-refractivity contribution in [3.05, 3.63) is 42.2 Å². The van der Waals surface area contributed by atoms with Crippen LogP contribution in [0, 0.1) is 12.8 Å². The average molecular weight is 389 g/mol. The number of carbonyl (C=O) groups is 1. The molecule has 4 heterocycles. The van der Waals surface area contributed by atoms with Crippen LogP contribution in [0.3, 0.4) is 0 Å². The van der Waals surface area contributed by atoms with Gasteiger partial charge in [-0.3, -0.25) is 9.78 Å². The molecule has 0 bridgehead atoms. The van der Waals surface area contributed by atoms with Gasteiger partial charge in [0, 0.05) is 43.3 Å². The highest BCUT2D eigenvalue weighted by atomic mass is 32.2. The number of ether oxygens (including phenoxy) is 1. The van der Waals surface area contributed by atoms with Crippen LogP contribution in [0.4, 0.5) is 0 Å². The summed E-state index contributed by atoms with van der Waals surface area (Å²) in [6.45, 7) is 2.33. The van der Waals surface area contributed by atoms with Crippen molar-refractivity contribution in [1.82, 2.24) is 24.8 Å². The molecule has 9 nitrogen and oxygen atoms in total. The summed E-state index contributed by atoms with van der Waals surface area (Å²) in [7, 11) is -3.31. The summed E-state index contributed by atoms with van der Waals surface area (Å²) in [5, 5.41) is 0. The highest BCUT2D eigenvalue weighted by Crippen LogP contribution is 2.45. The molecule has 4 rings (SSSR count). The van der Waals surface area contributed by atoms with E-state index in [1.165, 1.54) is 23.5 Å². The molecule has 2 aromatic heterocycles. The number of rotatable bonds is 4. The summed E-state index contributed by atoms with van der Waals surface area (Å²) in [6.07, 6.45) is 6.40. The van der Waals surface area contributed by atoms with Crippen molar-refractivity contribution in [2.24, 2.45) is 5.92 Å². The first-order valence-corrected chi connectivity index (χ1v) is 10.3. The van der Waals surface area contributed by atoms with Crippen LogP contribution in [0.2, 0.25) is 0 Å². The lowest BCUT2D eigenvalue weighted by Gasteiger charge is -2.49. The lowest BCUT2D eigenvalue weighted by Crippen LogP contribution is -2.69. The van der Waals surface area contributed by atoms with E-state index in [1.54, 1.807) is 12.3 Å². The fourth-order valence-electron chi connectivity index (χ4n) is 3.69. The van der Waals surface area contributed by atoms with Gasteiger partial charge in [-0.25, -0.2) is 23.4 Å². The number of amides is 1. The predicted molar refractivity (Wildman–Crippen MR) is 94.8 cm³/mol.